The summed E-state index contributed by atoms with van der Waals surface area (Å²) < 4.78 is 87.5. The van der Waals surface area contributed by atoms with Gasteiger partial charge in [0.15, 0.2) is 16.9 Å². The van der Waals surface area contributed by atoms with Gasteiger partial charge in [-0.25, -0.2) is 34.5 Å². The van der Waals surface area contributed by atoms with Crippen LogP contribution in [-0.2, 0) is 38.4 Å². The summed E-state index contributed by atoms with van der Waals surface area (Å²) in [4.78, 5) is 67.5. The van der Waals surface area contributed by atoms with Crippen LogP contribution in [-0.4, -0.2) is 102 Å². The zero-order valence-corrected chi connectivity index (χ0v) is 48.7. The molecule has 2 fully saturated rings. The van der Waals surface area contributed by atoms with E-state index in [0.717, 1.165) is 81.7 Å². The van der Waals surface area contributed by atoms with Crippen LogP contribution in [0, 0.1) is 6.92 Å². The molecule has 11 rings (SSSR count). The summed E-state index contributed by atoms with van der Waals surface area (Å²) in [6, 6.07) is 27.0. The van der Waals surface area contributed by atoms with Gasteiger partial charge in [-0.05, 0) is 167 Å². The summed E-state index contributed by atoms with van der Waals surface area (Å²) in [5.41, 5.74) is 4.40. The zero-order valence-electron chi connectivity index (χ0n) is 48.7. The van der Waals surface area contributed by atoms with Gasteiger partial charge >= 0.3 is 12.4 Å². The molecule has 0 unspecified atom stereocenters. The first-order valence-electron chi connectivity index (χ1n) is 29.3. The summed E-state index contributed by atoms with van der Waals surface area (Å²) >= 11 is 0. The Bertz CT molecular complexity index is 4000. The highest BCUT2D eigenvalue weighted by atomic mass is 19.4. The monoisotopic (exact) mass is 1200 g/mol. The highest BCUT2D eigenvalue weighted by Crippen LogP contribution is 2.36. The lowest BCUT2D eigenvalue weighted by molar-refractivity contribution is -0.665. The van der Waals surface area contributed by atoms with Crippen LogP contribution in [0.25, 0.3) is 22.1 Å². The van der Waals surface area contributed by atoms with E-state index in [2.05, 4.69) is 51.3 Å². The molecule has 5 aromatic carbocycles. The molecule has 24 heteroatoms. The maximum Gasteiger partial charge on any atom is 0.416 e. The van der Waals surface area contributed by atoms with E-state index in [1.807, 2.05) is 60.6 Å². The Morgan fingerprint density at radius 2 is 1.20 bits per heavy atom. The number of aromatic nitrogens is 8. The number of carbonyl (C=O) groups excluding carboxylic acids is 2. The van der Waals surface area contributed by atoms with Crippen molar-refractivity contribution in [2.75, 3.05) is 77.3 Å². The average molecular weight is 1200 g/mol. The van der Waals surface area contributed by atoms with E-state index in [9.17, 15) is 35.9 Å². The molecule has 0 radical (unpaired) electrons. The minimum Gasteiger partial charge on any atom is -0.354 e. The van der Waals surface area contributed by atoms with E-state index < -0.39 is 35.3 Å². The molecule has 2 saturated heterocycles. The normalized spacial score (nSPS) is 13.9. The van der Waals surface area contributed by atoms with Gasteiger partial charge in [0.1, 0.15) is 23.9 Å². The van der Waals surface area contributed by atoms with Crippen molar-refractivity contribution in [3.8, 4) is 0 Å². The van der Waals surface area contributed by atoms with Gasteiger partial charge in [-0.15, -0.1) is 0 Å². The van der Waals surface area contributed by atoms with Crippen LogP contribution in [0.4, 0.5) is 72.6 Å². The van der Waals surface area contributed by atoms with Crippen LogP contribution >= 0.6 is 0 Å². The molecule has 2 amide bonds. The second kappa shape index (κ2) is 26.3. The molecule has 0 spiro atoms. The number of benzene rings is 5. The number of halogens is 6. The highest BCUT2D eigenvalue weighted by Gasteiger charge is 2.33. The van der Waals surface area contributed by atoms with E-state index in [0.29, 0.717) is 107 Å². The van der Waals surface area contributed by atoms with Gasteiger partial charge in [-0.3, -0.25) is 19.4 Å². The lowest BCUT2D eigenvalue weighted by Gasteiger charge is -2.19. The number of nitrogens with zero attached hydrogens (tertiary/aromatic N) is 11. The van der Waals surface area contributed by atoms with Gasteiger partial charge in [-0.1, -0.05) is 42.5 Å². The van der Waals surface area contributed by atoms with Gasteiger partial charge in [0.05, 0.1) is 23.5 Å². The first kappa shape index (κ1) is 60.3. The van der Waals surface area contributed by atoms with E-state index in [4.69, 9.17) is 19.9 Å². The third-order valence-corrected chi connectivity index (χ3v) is 15.7. The minimum atomic E-state index is -4.66. The van der Waals surface area contributed by atoms with Gasteiger partial charge in [0.25, 0.3) is 24.0 Å². The first-order valence-corrected chi connectivity index (χ1v) is 29.3. The smallest absolute Gasteiger partial charge is 0.354 e. The number of amides is 2. The summed E-state index contributed by atoms with van der Waals surface area (Å²) in [6.45, 7) is 11.4. The third-order valence-electron chi connectivity index (χ3n) is 15.7. The van der Waals surface area contributed by atoms with Crippen LogP contribution < -0.4 is 36.1 Å². The summed E-state index contributed by atoms with van der Waals surface area (Å²) in [7, 11) is 0. The van der Waals surface area contributed by atoms with Gasteiger partial charge < -0.3 is 31.5 Å². The molecule has 0 aliphatic carbocycles. The second-order valence-corrected chi connectivity index (χ2v) is 22.0. The lowest BCUT2D eigenvalue weighted by atomic mass is 10.1. The van der Waals surface area contributed by atoms with E-state index in [1.54, 1.807) is 67.3 Å². The van der Waals surface area contributed by atoms with Gasteiger partial charge in [-0.2, -0.15) is 26.3 Å². The number of hydrogen-bond acceptors (Lipinski definition) is 15. The highest BCUT2D eigenvalue weighted by molar-refractivity contribution is 6.06. The summed E-state index contributed by atoms with van der Waals surface area (Å²) in [6.07, 6.45) is 1.42. The predicted octanol–water partition coefficient (Wildman–Crippen LogP) is 12.1. The van der Waals surface area contributed by atoms with Crippen molar-refractivity contribution in [3.05, 3.63) is 178 Å². The molecule has 0 saturated carbocycles. The van der Waals surface area contributed by atoms with Crippen molar-refractivity contribution in [2.24, 2.45) is 0 Å². The number of rotatable bonds is 21. The Labute approximate surface area is 503 Å². The first-order chi connectivity index (χ1) is 42.4. The molecule has 0 atom stereocenters. The number of carbonyl (C=O) groups is 2. The van der Waals surface area contributed by atoms with E-state index in [1.165, 1.54) is 6.33 Å². The summed E-state index contributed by atoms with van der Waals surface area (Å²) in [5.74, 6) is 0.0307. The maximum absolute atomic E-state index is 14.4. The number of anilines is 8. The molecule has 9 aromatic rings. The van der Waals surface area contributed by atoms with E-state index in [-0.39, 0.29) is 40.7 Å². The molecule has 18 nitrogen and oxygen atoms in total. The Morgan fingerprint density at radius 1 is 0.614 bits per heavy atom. The molecule has 2 aliphatic rings. The van der Waals surface area contributed by atoms with Gasteiger partial charge in [0, 0.05) is 72.2 Å². The zero-order chi connectivity index (χ0) is 61.5. The Kier molecular flexibility index (Phi) is 18.0. The second-order valence-electron chi connectivity index (χ2n) is 22.0. The van der Waals surface area contributed by atoms with E-state index >= 15 is 0 Å². The number of fused-ring (bicyclic) bond motifs is 2. The topological polar surface area (TPSA) is 198 Å². The SMILES string of the molecule is CCN(CC)c1ncc2ncnc(Nc3cc(C(=O)Nc4cc(CN5CCCC5)cc(C(F)(F)F)c4)ccc3C[n+]3cnc(Nc4cc(C(=O)Nc5cc(CN6CCCC6)cc(C(F)(F)F)c5)ccc4C)c4nc(NCCc5ccccc5)ncc43)c2n1. The molecule has 6 heterocycles. The fourth-order valence-corrected chi connectivity index (χ4v) is 11.0. The maximum atomic E-state index is 14.4. The van der Waals surface area contributed by atoms with Crippen LogP contribution in [0.1, 0.15) is 99.2 Å². The molecule has 454 valence electrons. The van der Waals surface area contributed by atoms with Crippen LogP contribution in [0.3, 0.4) is 0 Å². The van der Waals surface area contributed by atoms with Crippen molar-refractivity contribution < 1.29 is 40.5 Å². The molecular weight excluding hydrogens is 1140 g/mol. The molecule has 5 N–H and O–H groups in total. The number of hydrogen-bond donors (Lipinski definition) is 5. The van der Waals surface area contributed by atoms with Crippen molar-refractivity contribution in [3.63, 3.8) is 0 Å². The Morgan fingerprint density at radius 3 is 1.82 bits per heavy atom. The molecule has 2 aliphatic heterocycles. The van der Waals surface area contributed by atoms with Crippen LogP contribution in [0.5, 0.6) is 0 Å². The fourth-order valence-electron chi connectivity index (χ4n) is 11.0. The average Bonchev–Trinajstić information content (AvgIpc) is 3.98. The standard InChI is InChI=1S/C64H64F6N16O2/c1-4-85(5-2)62-73-33-53-55(82-62)57(75-38-74-53)80-52-30-45(60(88)78-50-28-43(36-84-23-11-12-24-84)26-48(32-50)64(68,69)70)17-18-46(52)37-86-39-76-58(56-54(86)34-72-61(81-56)71-20-19-41-13-7-6-8-14-41)79-51-29-44(16-15-40(51)3)59(87)77-49-27-42(35-83-21-9-10-22-83)25-47(31-49)63(65,66)67/h6-8,13-18,25-34,38-39H,4-5,9-12,19-24,35-37H2,1-3H3,(H4,71,72,74,75,77,78,80,81,87,88)/p+1. The Balaban J connectivity index is 0.942. The summed E-state index contributed by atoms with van der Waals surface area (Å²) in [5, 5.41) is 15.6. The quantitative estimate of drug-likeness (QED) is 0.0336. The van der Waals surface area contributed by atoms with Crippen LogP contribution in [0.2, 0.25) is 0 Å². The molecule has 88 heavy (non-hydrogen) atoms. The van der Waals surface area contributed by atoms with Crippen molar-refractivity contribution in [2.45, 2.75) is 84.9 Å². The molecule has 4 aromatic heterocycles. The lowest BCUT2D eigenvalue weighted by Crippen LogP contribution is -2.36. The Hall–Kier alpha value is -9.42. The molecule has 0 bridgehead atoms. The minimum absolute atomic E-state index is 0.00667. The van der Waals surface area contributed by atoms with Crippen molar-refractivity contribution in [1.29, 1.82) is 0 Å². The molecular formula is C64H65F6N16O2+. The van der Waals surface area contributed by atoms with Crippen LogP contribution in [0.15, 0.2) is 128 Å². The number of alkyl halides is 6. The number of likely N-dealkylation sites (tertiary alicyclic amines) is 2. The fraction of sp³-hybridized carbons (Fsp3) is 0.312. The largest absolute Gasteiger partial charge is 0.416 e. The third kappa shape index (κ3) is 14.5. The van der Waals surface area contributed by atoms with Crippen molar-refractivity contribution in [1.82, 2.24) is 44.7 Å². The predicted molar refractivity (Wildman–Crippen MR) is 326 cm³/mol. The number of aryl methyl sites for hydroxylation is 1. The van der Waals surface area contributed by atoms with Crippen molar-refractivity contribution >= 4 is 80.2 Å². The number of nitrogens with one attached hydrogen (secondary N) is 5. The van der Waals surface area contributed by atoms with Gasteiger partial charge in [0.2, 0.25) is 11.9 Å².